The van der Waals surface area contributed by atoms with Gasteiger partial charge in [0.1, 0.15) is 5.60 Å². The summed E-state index contributed by atoms with van der Waals surface area (Å²) >= 11 is 0. The van der Waals surface area contributed by atoms with Crippen molar-refractivity contribution >= 4 is 24.8 Å². The SMILES string of the molecule is C[C@@H]([C@H]1C[C@@H](O[Si](c2ccccc2)(c2ccccc2)C(C)(C)C)CN1C(=O)OC(C)(C)C)N(O)Cc1ccccc1. The number of rotatable bonds is 8. The molecule has 1 N–H and O–H groups in total. The predicted octanol–water partition coefficient (Wildman–Crippen LogP) is 6.22. The Morgan fingerprint density at radius 2 is 1.39 bits per heavy atom. The molecule has 0 radical (unpaired) electrons. The fraction of sp³-hybridized carbons (Fsp3) is 0.441. The summed E-state index contributed by atoms with van der Waals surface area (Å²) in [6.07, 6.45) is -0.0149. The first-order chi connectivity index (χ1) is 19.3. The molecule has 1 amide bonds. The van der Waals surface area contributed by atoms with Gasteiger partial charge in [0, 0.05) is 13.1 Å². The van der Waals surface area contributed by atoms with Crippen molar-refractivity contribution in [3.05, 3.63) is 96.6 Å². The molecule has 1 saturated heterocycles. The number of benzene rings is 3. The Morgan fingerprint density at radius 1 is 0.902 bits per heavy atom. The molecule has 3 aromatic rings. The van der Waals surface area contributed by atoms with E-state index in [1.807, 2.05) is 70.2 Å². The summed E-state index contributed by atoms with van der Waals surface area (Å²) in [7, 11) is -2.83. The van der Waals surface area contributed by atoms with E-state index < -0.39 is 13.9 Å². The molecule has 0 aliphatic carbocycles. The summed E-state index contributed by atoms with van der Waals surface area (Å²) < 4.78 is 13.3. The summed E-state index contributed by atoms with van der Waals surface area (Å²) in [5, 5.41) is 14.7. The van der Waals surface area contributed by atoms with Crippen LogP contribution in [-0.4, -0.2) is 59.9 Å². The normalized spacial score (nSPS) is 18.9. The Kier molecular flexibility index (Phi) is 9.44. The van der Waals surface area contributed by atoms with Crippen molar-refractivity contribution in [1.29, 1.82) is 0 Å². The molecule has 7 heteroatoms. The van der Waals surface area contributed by atoms with Crippen molar-refractivity contribution < 1.29 is 19.2 Å². The molecule has 0 unspecified atom stereocenters. The largest absolute Gasteiger partial charge is 0.444 e. The van der Waals surface area contributed by atoms with Gasteiger partial charge in [-0.1, -0.05) is 112 Å². The maximum atomic E-state index is 13.6. The summed E-state index contributed by atoms with van der Waals surface area (Å²) in [6, 6.07) is 30.4. The molecule has 41 heavy (non-hydrogen) atoms. The van der Waals surface area contributed by atoms with Crippen molar-refractivity contribution in [2.75, 3.05) is 6.54 Å². The maximum absolute atomic E-state index is 13.6. The van der Waals surface area contributed by atoms with Crippen LogP contribution in [-0.2, 0) is 15.7 Å². The minimum Gasteiger partial charge on any atom is -0.444 e. The summed E-state index contributed by atoms with van der Waals surface area (Å²) in [6.45, 7) is 15.1. The van der Waals surface area contributed by atoms with Crippen LogP contribution in [0.4, 0.5) is 4.79 Å². The molecule has 0 bridgehead atoms. The van der Waals surface area contributed by atoms with Gasteiger partial charge in [-0.15, -0.1) is 0 Å². The average Bonchev–Trinajstić information content (AvgIpc) is 3.35. The molecular weight excluding hydrogens is 528 g/mol. The molecule has 0 saturated carbocycles. The Labute approximate surface area is 247 Å². The second kappa shape index (κ2) is 12.5. The minimum atomic E-state index is -2.83. The van der Waals surface area contributed by atoms with Gasteiger partial charge in [0.05, 0.1) is 18.2 Å². The van der Waals surface area contributed by atoms with E-state index in [1.165, 1.54) is 15.4 Å². The van der Waals surface area contributed by atoms with Gasteiger partial charge in [0.2, 0.25) is 0 Å². The van der Waals surface area contributed by atoms with Crippen molar-refractivity contribution in [1.82, 2.24) is 9.96 Å². The predicted molar refractivity (Wildman–Crippen MR) is 167 cm³/mol. The smallest absolute Gasteiger partial charge is 0.410 e. The van der Waals surface area contributed by atoms with Crippen LogP contribution in [0.1, 0.15) is 60.5 Å². The quantitative estimate of drug-likeness (QED) is 0.256. The van der Waals surface area contributed by atoms with Crippen LogP contribution in [0.3, 0.4) is 0 Å². The third-order valence-electron chi connectivity index (χ3n) is 7.91. The maximum Gasteiger partial charge on any atom is 0.410 e. The summed E-state index contributed by atoms with van der Waals surface area (Å²) in [4.78, 5) is 15.3. The highest BCUT2D eigenvalue weighted by Crippen LogP contribution is 2.40. The molecule has 6 nitrogen and oxygen atoms in total. The number of hydrogen-bond donors (Lipinski definition) is 1. The van der Waals surface area contributed by atoms with Gasteiger partial charge in [-0.2, -0.15) is 5.06 Å². The second-order valence-corrected chi connectivity index (χ2v) is 17.4. The molecular formula is C34H46N2O4Si. The van der Waals surface area contributed by atoms with Crippen LogP contribution in [0, 0.1) is 0 Å². The fourth-order valence-electron chi connectivity index (χ4n) is 5.95. The van der Waals surface area contributed by atoms with E-state index >= 15 is 0 Å². The van der Waals surface area contributed by atoms with Gasteiger partial charge in [-0.25, -0.2) is 4.79 Å². The molecule has 1 aliphatic heterocycles. The number of likely N-dealkylation sites (tertiary alicyclic amines) is 1. The van der Waals surface area contributed by atoms with Crippen LogP contribution in [0.2, 0.25) is 5.04 Å². The lowest BCUT2D eigenvalue weighted by atomic mass is 10.1. The van der Waals surface area contributed by atoms with Gasteiger partial charge in [0.25, 0.3) is 8.32 Å². The molecule has 4 rings (SSSR count). The molecule has 1 aliphatic rings. The second-order valence-electron chi connectivity index (χ2n) is 13.2. The molecule has 0 spiro atoms. The highest BCUT2D eigenvalue weighted by Gasteiger charge is 2.53. The highest BCUT2D eigenvalue weighted by molar-refractivity contribution is 6.99. The number of amides is 1. The average molecular weight is 575 g/mol. The standard InChI is InChI=1S/C34H46N2O4Si/c1-26(36(38)24-27-17-11-8-12-18-27)31-23-28(25-35(31)32(37)39-33(2,3)4)40-41(34(5,6)7,29-19-13-9-14-20-29)30-21-15-10-16-22-30/h8-22,26,28,31,38H,23-25H2,1-7H3/t26-,28+,31+/m0/s1. The topological polar surface area (TPSA) is 62.2 Å². The summed E-state index contributed by atoms with van der Waals surface area (Å²) in [5.41, 5.74) is 0.369. The molecule has 220 valence electrons. The van der Waals surface area contributed by atoms with Crippen molar-refractivity contribution in [3.63, 3.8) is 0 Å². The zero-order valence-corrected chi connectivity index (χ0v) is 26.6. The van der Waals surface area contributed by atoms with Gasteiger partial charge < -0.3 is 19.3 Å². The van der Waals surface area contributed by atoms with Crippen LogP contribution in [0.15, 0.2) is 91.0 Å². The van der Waals surface area contributed by atoms with Crippen LogP contribution in [0.25, 0.3) is 0 Å². The van der Waals surface area contributed by atoms with E-state index in [4.69, 9.17) is 9.16 Å². The van der Waals surface area contributed by atoms with Gasteiger partial charge in [-0.05, 0) is 55.1 Å². The van der Waals surface area contributed by atoms with Crippen LogP contribution >= 0.6 is 0 Å². The Balaban J connectivity index is 1.70. The van der Waals surface area contributed by atoms with Gasteiger partial charge in [-0.3, -0.25) is 0 Å². The zero-order valence-electron chi connectivity index (χ0n) is 25.6. The number of carbonyl (C=O) groups is 1. The van der Waals surface area contributed by atoms with E-state index in [9.17, 15) is 10.0 Å². The highest BCUT2D eigenvalue weighted by atomic mass is 28.4. The minimum absolute atomic E-state index is 0.188. The third kappa shape index (κ3) is 7.09. The Hall–Kier alpha value is -2.97. The Bertz CT molecular complexity index is 1220. The van der Waals surface area contributed by atoms with Gasteiger partial charge >= 0.3 is 6.09 Å². The number of carbonyl (C=O) groups excluding carboxylic acids is 1. The Morgan fingerprint density at radius 3 is 1.85 bits per heavy atom. The van der Waals surface area contributed by atoms with Gasteiger partial charge in [0.15, 0.2) is 0 Å². The zero-order chi connectivity index (χ0) is 29.8. The van der Waals surface area contributed by atoms with Crippen molar-refractivity contribution in [2.45, 2.75) is 90.3 Å². The lowest BCUT2D eigenvalue weighted by molar-refractivity contribution is -0.145. The molecule has 1 heterocycles. The number of nitrogens with zero attached hydrogens (tertiary/aromatic N) is 2. The fourth-order valence-corrected chi connectivity index (χ4v) is 10.6. The molecule has 0 aromatic heterocycles. The number of hydrogen-bond acceptors (Lipinski definition) is 5. The summed E-state index contributed by atoms with van der Waals surface area (Å²) in [5.74, 6) is 0. The van der Waals surface area contributed by atoms with E-state index in [-0.39, 0.29) is 29.3 Å². The first kappa shape index (κ1) is 31.0. The van der Waals surface area contributed by atoms with Crippen molar-refractivity contribution in [2.24, 2.45) is 0 Å². The van der Waals surface area contributed by atoms with E-state index in [1.54, 1.807) is 4.90 Å². The number of hydroxylamine groups is 2. The van der Waals surface area contributed by atoms with Crippen LogP contribution in [0.5, 0.6) is 0 Å². The van der Waals surface area contributed by atoms with Crippen molar-refractivity contribution in [3.8, 4) is 0 Å². The third-order valence-corrected chi connectivity index (χ3v) is 13.0. The first-order valence-electron chi connectivity index (χ1n) is 14.6. The van der Waals surface area contributed by atoms with E-state index in [0.717, 1.165) is 5.56 Å². The molecule has 3 atom stereocenters. The first-order valence-corrected chi connectivity index (χ1v) is 16.5. The molecule has 1 fully saturated rings. The lowest BCUT2D eigenvalue weighted by Gasteiger charge is -2.44. The molecule has 3 aromatic carbocycles. The van der Waals surface area contributed by atoms with E-state index in [2.05, 4.69) is 69.3 Å². The van der Waals surface area contributed by atoms with Crippen LogP contribution < -0.4 is 10.4 Å². The van der Waals surface area contributed by atoms with E-state index in [0.29, 0.717) is 19.5 Å². The lowest BCUT2D eigenvalue weighted by Crippen LogP contribution is -2.67. The number of ether oxygens (including phenoxy) is 1. The monoisotopic (exact) mass is 574 g/mol.